The molecule has 0 unspecified atom stereocenters. The van der Waals surface area contributed by atoms with Gasteiger partial charge in [-0.05, 0) is 18.9 Å². The Hall–Kier alpha value is -1.82. The van der Waals surface area contributed by atoms with Crippen LogP contribution in [-0.2, 0) is 4.74 Å². The van der Waals surface area contributed by atoms with E-state index in [1.807, 2.05) is 6.92 Å². The van der Waals surface area contributed by atoms with Gasteiger partial charge in [0.25, 0.3) is 0 Å². The Morgan fingerprint density at radius 2 is 2.10 bits per heavy atom. The van der Waals surface area contributed by atoms with Crippen LogP contribution in [0.4, 0.5) is 11.8 Å². The van der Waals surface area contributed by atoms with Gasteiger partial charge in [0.15, 0.2) is 0 Å². The highest BCUT2D eigenvalue weighted by Gasteiger charge is 2.17. The third-order valence-corrected chi connectivity index (χ3v) is 3.58. The molecule has 21 heavy (non-hydrogen) atoms. The standard InChI is InChI=1S/C15H23N5O/c1-10(2)9-16-13-12-8-11(3)17-14(12)19-15(18-13)20-4-6-21-7-5-20/h8,10H,4-7,9H2,1-3H3,(H2,16,17,18,19). The summed E-state index contributed by atoms with van der Waals surface area (Å²) in [5.41, 5.74) is 2.00. The molecule has 0 aliphatic carbocycles. The largest absolute Gasteiger partial charge is 0.378 e. The van der Waals surface area contributed by atoms with E-state index in [1.165, 1.54) is 0 Å². The molecule has 0 spiro atoms. The van der Waals surface area contributed by atoms with Crippen LogP contribution in [0.15, 0.2) is 6.07 Å². The van der Waals surface area contributed by atoms with Crippen LogP contribution in [0.2, 0.25) is 0 Å². The molecule has 0 atom stereocenters. The summed E-state index contributed by atoms with van der Waals surface area (Å²) in [5, 5.41) is 4.51. The van der Waals surface area contributed by atoms with Crippen molar-refractivity contribution in [1.29, 1.82) is 0 Å². The molecular weight excluding hydrogens is 266 g/mol. The van der Waals surface area contributed by atoms with E-state index in [0.29, 0.717) is 5.92 Å². The molecule has 0 radical (unpaired) electrons. The Bertz CT molecular complexity index is 616. The van der Waals surface area contributed by atoms with Gasteiger partial charge in [-0.15, -0.1) is 0 Å². The molecule has 1 saturated heterocycles. The maximum absolute atomic E-state index is 5.40. The zero-order valence-electron chi connectivity index (χ0n) is 12.9. The summed E-state index contributed by atoms with van der Waals surface area (Å²) in [5.74, 6) is 2.26. The maximum atomic E-state index is 5.40. The van der Waals surface area contributed by atoms with Gasteiger partial charge >= 0.3 is 0 Å². The molecule has 1 aliphatic heterocycles. The highest BCUT2D eigenvalue weighted by atomic mass is 16.5. The van der Waals surface area contributed by atoms with Crippen LogP contribution >= 0.6 is 0 Å². The van der Waals surface area contributed by atoms with Crippen molar-refractivity contribution < 1.29 is 4.74 Å². The molecule has 3 heterocycles. The third kappa shape index (κ3) is 3.10. The number of morpholine rings is 1. The summed E-state index contributed by atoms with van der Waals surface area (Å²) in [6, 6.07) is 2.10. The predicted octanol–water partition coefficient (Wildman–Crippen LogP) is 2.17. The van der Waals surface area contributed by atoms with E-state index in [2.05, 4.69) is 40.1 Å². The summed E-state index contributed by atoms with van der Waals surface area (Å²) in [4.78, 5) is 14.9. The zero-order chi connectivity index (χ0) is 14.8. The minimum absolute atomic E-state index is 0.571. The van der Waals surface area contributed by atoms with Gasteiger partial charge in [0.2, 0.25) is 5.95 Å². The zero-order valence-corrected chi connectivity index (χ0v) is 12.9. The lowest BCUT2D eigenvalue weighted by atomic mass is 10.2. The average Bonchev–Trinajstić information content (AvgIpc) is 2.85. The van der Waals surface area contributed by atoms with E-state index in [9.17, 15) is 0 Å². The number of anilines is 2. The van der Waals surface area contributed by atoms with Gasteiger partial charge < -0.3 is 19.9 Å². The fourth-order valence-electron chi connectivity index (χ4n) is 2.47. The van der Waals surface area contributed by atoms with Crippen molar-refractivity contribution in [2.45, 2.75) is 20.8 Å². The molecule has 3 rings (SSSR count). The van der Waals surface area contributed by atoms with E-state index in [4.69, 9.17) is 9.72 Å². The Morgan fingerprint density at radius 1 is 1.33 bits per heavy atom. The van der Waals surface area contributed by atoms with Crippen molar-refractivity contribution in [3.63, 3.8) is 0 Å². The van der Waals surface area contributed by atoms with Gasteiger partial charge in [-0.3, -0.25) is 0 Å². The quantitative estimate of drug-likeness (QED) is 0.903. The maximum Gasteiger partial charge on any atom is 0.229 e. The van der Waals surface area contributed by atoms with E-state index in [1.54, 1.807) is 0 Å². The second-order valence-corrected chi connectivity index (χ2v) is 5.96. The Kier molecular flexibility index (Phi) is 3.96. The van der Waals surface area contributed by atoms with Crippen LogP contribution in [0.1, 0.15) is 19.5 Å². The summed E-state index contributed by atoms with van der Waals surface area (Å²) in [6.07, 6.45) is 0. The van der Waals surface area contributed by atoms with Crippen molar-refractivity contribution in [2.24, 2.45) is 5.92 Å². The second-order valence-electron chi connectivity index (χ2n) is 5.96. The molecule has 0 amide bonds. The molecule has 2 aromatic rings. The van der Waals surface area contributed by atoms with Gasteiger partial charge in [-0.1, -0.05) is 13.8 Å². The van der Waals surface area contributed by atoms with Gasteiger partial charge in [0.1, 0.15) is 11.5 Å². The van der Waals surface area contributed by atoms with E-state index in [-0.39, 0.29) is 0 Å². The molecule has 114 valence electrons. The molecule has 6 nitrogen and oxygen atoms in total. The van der Waals surface area contributed by atoms with Crippen LogP contribution < -0.4 is 10.2 Å². The minimum atomic E-state index is 0.571. The molecule has 1 aliphatic rings. The molecule has 2 aromatic heterocycles. The number of hydrogen-bond donors (Lipinski definition) is 2. The molecule has 6 heteroatoms. The predicted molar refractivity (Wildman–Crippen MR) is 85.0 cm³/mol. The summed E-state index contributed by atoms with van der Waals surface area (Å²) in [7, 11) is 0. The topological polar surface area (TPSA) is 66.1 Å². The number of fused-ring (bicyclic) bond motifs is 1. The summed E-state index contributed by atoms with van der Waals surface area (Å²) < 4.78 is 5.40. The number of nitrogens with zero attached hydrogens (tertiary/aromatic N) is 3. The highest BCUT2D eigenvalue weighted by molar-refractivity contribution is 5.89. The number of aromatic amines is 1. The van der Waals surface area contributed by atoms with E-state index >= 15 is 0 Å². The first-order valence-electron chi connectivity index (χ1n) is 7.57. The first-order valence-corrected chi connectivity index (χ1v) is 7.57. The van der Waals surface area contributed by atoms with Crippen molar-refractivity contribution in [1.82, 2.24) is 15.0 Å². The van der Waals surface area contributed by atoms with Gasteiger partial charge in [-0.25, -0.2) is 0 Å². The number of aromatic nitrogens is 3. The lowest BCUT2D eigenvalue weighted by Crippen LogP contribution is -2.37. The van der Waals surface area contributed by atoms with E-state index in [0.717, 1.165) is 61.3 Å². The van der Waals surface area contributed by atoms with Crippen molar-refractivity contribution in [3.8, 4) is 0 Å². The smallest absolute Gasteiger partial charge is 0.229 e. The SMILES string of the molecule is Cc1cc2c(NCC(C)C)nc(N3CCOCC3)nc2[nH]1. The van der Waals surface area contributed by atoms with Gasteiger partial charge in [-0.2, -0.15) is 9.97 Å². The second kappa shape index (κ2) is 5.89. The van der Waals surface area contributed by atoms with E-state index < -0.39 is 0 Å². The molecule has 0 bridgehead atoms. The first-order chi connectivity index (χ1) is 10.1. The lowest BCUT2D eigenvalue weighted by molar-refractivity contribution is 0.122. The minimum Gasteiger partial charge on any atom is -0.378 e. The third-order valence-electron chi connectivity index (χ3n) is 3.58. The molecular formula is C15H23N5O. The van der Waals surface area contributed by atoms with Gasteiger partial charge in [0, 0.05) is 25.3 Å². The van der Waals surface area contributed by atoms with Crippen molar-refractivity contribution in [2.75, 3.05) is 43.1 Å². The van der Waals surface area contributed by atoms with Crippen molar-refractivity contribution >= 4 is 22.8 Å². The normalized spacial score (nSPS) is 15.9. The van der Waals surface area contributed by atoms with Crippen LogP contribution in [-0.4, -0.2) is 47.8 Å². The fraction of sp³-hybridized carbons (Fsp3) is 0.600. The number of nitrogens with one attached hydrogen (secondary N) is 2. The Labute approximate surface area is 124 Å². The van der Waals surface area contributed by atoms with Crippen LogP contribution in [0.5, 0.6) is 0 Å². The van der Waals surface area contributed by atoms with Crippen LogP contribution in [0, 0.1) is 12.8 Å². The molecule has 0 aromatic carbocycles. The first kappa shape index (κ1) is 14.1. The number of ether oxygens (including phenoxy) is 1. The number of aryl methyl sites for hydroxylation is 1. The highest BCUT2D eigenvalue weighted by Crippen LogP contribution is 2.25. The monoisotopic (exact) mass is 289 g/mol. The fourth-order valence-corrected chi connectivity index (χ4v) is 2.47. The molecule has 0 saturated carbocycles. The van der Waals surface area contributed by atoms with Gasteiger partial charge in [0.05, 0.1) is 18.6 Å². The number of rotatable bonds is 4. The lowest BCUT2D eigenvalue weighted by Gasteiger charge is -2.27. The Balaban J connectivity index is 1.96. The molecule has 1 fully saturated rings. The number of hydrogen-bond acceptors (Lipinski definition) is 5. The van der Waals surface area contributed by atoms with Crippen LogP contribution in [0.3, 0.4) is 0 Å². The Morgan fingerprint density at radius 3 is 2.81 bits per heavy atom. The average molecular weight is 289 g/mol. The van der Waals surface area contributed by atoms with Crippen molar-refractivity contribution in [3.05, 3.63) is 11.8 Å². The van der Waals surface area contributed by atoms with Crippen LogP contribution in [0.25, 0.3) is 11.0 Å². The summed E-state index contributed by atoms with van der Waals surface area (Å²) >= 11 is 0. The summed E-state index contributed by atoms with van der Waals surface area (Å²) in [6.45, 7) is 10.5. The molecule has 2 N–H and O–H groups in total. The number of H-pyrrole nitrogens is 1.